The topological polar surface area (TPSA) is 81.7 Å². The molecule has 29 heavy (non-hydrogen) atoms. The Balaban J connectivity index is 1.66. The molecule has 1 aliphatic heterocycles. The van der Waals surface area contributed by atoms with Crippen LogP contribution in [0.5, 0.6) is 5.75 Å². The molecule has 0 spiro atoms. The van der Waals surface area contributed by atoms with E-state index in [1.165, 1.54) is 7.11 Å². The molecule has 0 aliphatic carbocycles. The monoisotopic (exact) mass is 389 g/mol. The zero-order valence-corrected chi connectivity index (χ0v) is 15.9. The van der Waals surface area contributed by atoms with E-state index < -0.39 is 5.97 Å². The van der Waals surface area contributed by atoms with Gasteiger partial charge >= 0.3 is 5.97 Å². The maximum absolute atomic E-state index is 12.4. The first-order valence-electron chi connectivity index (χ1n) is 9.24. The van der Waals surface area contributed by atoms with Crippen molar-refractivity contribution in [3.63, 3.8) is 0 Å². The minimum absolute atomic E-state index is 0.0595. The van der Waals surface area contributed by atoms with E-state index in [9.17, 15) is 4.79 Å². The zero-order valence-electron chi connectivity index (χ0n) is 15.9. The largest absolute Gasteiger partial charge is 0.488 e. The second-order valence-corrected chi connectivity index (χ2v) is 6.69. The van der Waals surface area contributed by atoms with Crippen LogP contribution in [0.25, 0.3) is 22.4 Å². The number of hydrogen-bond donors (Lipinski definition) is 0. The van der Waals surface area contributed by atoms with Crippen molar-refractivity contribution in [2.75, 3.05) is 20.3 Å². The Kier molecular flexibility index (Phi) is 5.32. The number of ether oxygens (including phenoxy) is 3. The first-order valence-corrected chi connectivity index (χ1v) is 9.24. The number of fused-ring (bicyclic) bond motifs is 1. The number of carbonyl (C=O) groups is 1. The van der Waals surface area contributed by atoms with Crippen molar-refractivity contribution in [1.29, 1.82) is 5.26 Å². The number of carbonyl (C=O) groups excluding carboxylic acids is 1. The van der Waals surface area contributed by atoms with Crippen LogP contribution in [0.4, 0.5) is 0 Å². The molecule has 0 amide bonds. The van der Waals surface area contributed by atoms with Gasteiger partial charge in [-0.05, 0) is 42.0 Å². The minimum Gasteiger partial charge on any atom is -0.488 e. The Labute approximate surface area is 167 Å². The highest BCUT2D eigenvalue weighted by Gasteiger charge is 2.18. The van der Waals surface area contributed by atoms with Crippen molar-refractivity contribution in [2.45, 2.75) is 12.5 Å². The van der Waals surface area contributed by atoms with Gasteiger partial charge in [0.05, 0.1) is 43.8 Å². The summed E-state index contributed by atoms with van der Waals surface area (Å²) in [6, 6.07) is 14.6. The highest BCUT2D eigenvalue weighted by Crippen LogP contribution is 2.28. The molecule has 2 aromatic carbocycles. The lowest BCUT2D eigenvalue weighted by atomic mass is 10.0. The summed E-state index contributed by atoms with van der Waals surface area (Å²) in [4.78, 5) is 12.4. The summed E-state index contributed by atoms with van der Waals surface area (Å²) in [7, 11) is 1.34. The van der Waals surface area contributed by atoms with Crippen molar-refractivity contribution in [1.82, 2.24) is 0 Å². The summed E-state index contributed by atoms with van der Waals surface area (Å²) in [5.41, 5.74) is 1.60. The van der Waals surface area contributed by atoms with Crippen LogP contribution in [0.1, 0.15) is 23.3 Å². The molecule has 1 fully saturated rings. The fourth-order valence-electron chi connectivity index (χ4n) is 3.27. The Morgan fingerprint density at radius 2 is 2.07 bits per heavy atom. The van der Waals surface area contributed by atoms with E-state index in [4.69, 9.17) is 23.9 Å². The highest BCUT2D eigenvalue weighted by molar-refractivity contribution is 6.22. The van der Waals surface area contributed by atoms with Gasteiger partial charge in [-0.1, -0.05) is 12.1 Å². The molecular formula is C23H19NO5. The van der Waals surface area contributed by atoms with Crippen LogP contribution in [-0.4, -0.2) is 32.4 Å². The van der Waals surface area contributed by atoms with Gasteiger partial charge in [-0.25, -0.2) is 4.79 Å². The van der Waals surface area contributed by atoms with Crippen LogP contribution >= 0.6 is 0 Å². The average Bonchev–Trinajstić information content (AvgIpc) is 3.41. The number of hydrogen-bond acceptors (Lipinski definition) is 6. The number of furan rings is 1. The SMILES string of the molecule is COC(=O)C(=Cc1occ2cc(C#N)ccc12)c1ccc(OC2CCOC2)cc1. The number of rotatable bonds is 5. The lowest BCUT2D eigenvalue weighted by Crippen LogP contribution is -2.15. The Morgan fingerprint density at radius 3 is 2.76 bits per heavy atom. The third-order valence-electron chi connectivity index (χ3n) is 4.80. The number of esters is 1. The third kappa shape index (κ3) is 4.00. The molecular weight excluding hydrogens is 370 g/mol. The molecule has 0 bridgehead atoms. The number of methoxy groups -OCH3 is 1. The van der Waals surface area contributed by atoms with Crippen molar-refractivity contribution >= 4 is 28.4 Å². The molecule has 1 saturated heterocycles. The van der Waals surface area contributed by atoms with E-state index in [1.807, 2.05) is 24.3 Å². The Morgan fingerprint density at radius 1 is 1.24 bits per heavy atom. The van der Waals surface area contributed by atoms with Gasteiger partial charge < -0.3 is 18.6 Å². The van der Waals surface area contributed by atoms with E-state index in [0.717, 1.165) is 22.9 Å². The second-order valence-electron chi connectivity index (χ2n) is 6.69. The quantitative estimate of drug-likeness (QED) is 0.481. The van der Waals surface area contributed by atoms with E-state index in [0.29, 0.717) is 35.7 Å². The highest BCUT2D eigenvalue weighted by atomic mass is 16.5. The molecule has 1 aliphatic rings. The molecule has 4 rings (SSSR count). The Bertz CT molecular complexity index is 1100. The molecule has 2 heterocycles. The van der Waals surface area contributed by atoms with Crippen LogP contribution < -0.4 is 4.74 Å². The summed E-state index contributed by atoms with van der Waals surface area (Å²) >= 11 is 0. The smallest absolute Gasteiger partial charge is 0.338 e. The molecule has 1 aromatic heterocycles. The van der Waals surface area contributed by atoms with Crippen LogP contribution in [0.15, 0.2) is 53.1 Å². The molecule has 1 unspecified atom stereocenters. The molecule has 6 heteroatoms. The van der Waals surface area contributed by atoms with Gasteiger partial charge in [0.15, 0.2) is 0 Å². The normalized spacial score (nSPS) is 16.6. The number of nitrogens with zero attached hydrogens (tertiary/aromatic N) is 1. The molecule has 0 radical (unpaired) electrons. The van der Waals surface area contributed by atoms with Crippen molar-refractivity contribution in [3.05, 3.63) is 65.6 Å². The van der Waals surface area contributed by atoms with Gasteiger partial charge in [0.1, 0.15) is 17.6 Å². The second kappa shape index (κ2) is 8.21. The molecule has 1 atom stereocenters. The minimum atomic E-state index is -0.471. The first-order chi connectivity index (χ1) is 14.2. The van der Waals surface area contributed by atoms with E-state index >= 15 is 0 Å². The van der Waals surface area contributed by atoms with Gasteiger partial charge in [-0.2, -0.15) is 5.26 Å². The van der Waals surface area contributed by atoms with Gasteiger partial charge in [0, 0.05) is 17.2 Å². The van der Waals surface area contributed by atoms with E-state index in [2.05, 4.69) is 6.07 Å². The molecule has 146 valence electrons. The van der Waals surface area contributed by atoms with Crippen LogP contribution in [0, 0.1) is 11.3 Å². The third-order valence-corrected chi connectivity index (χ3v) is 4.80. The summed E-state index contributed by atoms with van der Waals surface area (Å²) < 4.78 is 21.8. The van der Waals surface area contributed by atoms with Gasteiger partial charge in [0.2, 0.25) is 0 Å². The molecule has 0 saturated carbocycles. The van der Waals surface area contributed by atoms with Crippen LogP contribution in [0.3, 0.4) is 0 Å². The van der Waals surface area contributed by atoms with Gasteiger partial charge in [-0.3, -0.25) is 0 Å². The fourth-order valence-corrected chi connectivity index (χ4v) is 3.27. The first kappa shape index (κ1) is 18.8. The van der Waals surface area contributed by atoms with E-state index in [-0.39, 0.29) is 6.10 Å². The van der Waals surface area contributed by atoms with Crippen molar-refractivity contribution in [3.8, 4) is 11.8 Å². The number of benzene rings is 2. The zero-order chi connectivity index (χ0) is 20.2. The standard InChI is InChI=1S/C23H19NO5/c1-26-23(25)21(11-22-20-7-2-15(12-24)10-17(20)13-28-22)16-3-5-18(6-4-16)29-19-8-9-27-14-19/h2-7,10-11,13,19H,8-9,14H2,1H3. The summed E-state index contributed by atoms with van der Waals surface area (Å²) in [6.45, 7) is 1.30. The molecule has 6 nitrogen and oxygen atoms in total. The summed E-state index contributed by atoms with van der Waals surface area (Å²) in [6.07, 6.45) is 4.15. The van der Waals surface area contributed by atoms with Crippen molar-refractivity contribution < 1.29 is 23.4 Å². The molecule has 3 aromatic rings. The predicted molar refractivity (Wildman–Crippen MR) is 107 cm³/mol. The van der Waals surface area contributed by atoms with Gasteiger partial charge in [0.25, 0.3) is 0 Å². The maximum Gasteiger partial charge on any atom is 0.338 e. The molecule has 0 N–H and O–H groups in total. The fraction of sp³-hybridized carbons (Fsp3) is 0.217. The predicted octanol–water partition coefficient (Wildman–Crippen LogP) is 4.19. The Hall–Kier alpha value is -3.56. The van der Waals surface area contributed by atoms with Crippen LogP contribution in [0.2, 0.25) is 0 Å². The number of nitriles is 1. The lowest BCUT2D eigenvalue weighted by Gasteiger charge is -2.12. The maximum atomic E-state index is 12.4. The van der Waals surface area contributed by atoms with Crippen molar-refractivity contribution in [2.24, 2.45) is 0 Å². The van der Waals surface area contributed by atoms with Gasteiger partial charge in [-0.15, -0.1) is 0 Å². The summed E-state index contributed by atoms with van der Waals surface area (Å²) in [5.74, 6) is 0.773. The summed E-state index contributed by atoms with van der Waals surface area (Å²) in [5, 5.41) is 10.6. The lowest BCUT2D eigenvalue weighted by molar-refractivity contribution is -0.133. The average molecular weight is 389 g/mol. The van der Waals surface area contributed by atoms with E-state index in [1.54, 1.807) is 30.5 Å². The van der Waals surface area contributed by atoms with Crippen LogP contribution in [-0.2, 0) is 14.3 Å².